The van der Waals surface area contributed by atoms with Crippen molar-refractivity contribution in [2.24, 2.45) is 0 Å². The largest absolute Gasteiger partial charge is 0.416 e. The molecule has 0 unspecified atom stereocenters. The number of nitro benzene ring substituents is 1. The molecular formula is C27H22F6N2O3. The Hall–Kier alpha value is -3.70. The standard InChI is InChI=1S/C27H22F6N2O3/c28-26(29,30)22-7-3-19(4-8-22)25(36,20-5-9-23(10-6-20)27(31,32)33)21-13-15-34(16-14-21)17-18-1-11-24(12-2-18)35(37)38/h1-13,36H,14-17H2. The Bertz CT molecular complexity index is 1260. The van der Waals surface area contributed by atoms with Crippen molar-refractivity contribution in [3.63, 3.8) is 0 Å². The number of halogens is 6. The third-order valence-electron chi connectivity index (χ3n) is 6.57. The Kier molecular flexibility index (Phi) is 7.35. The van der Waals surface area contributed by atoms with Gasteiger partial charge in [-0.15, -0.1) is 0 Å². The van der Waals surface area contributed by atoms with Gasteiger partial charge in [-0.2, -0.15) is 26.3 Å². The summed E-state index contributed by atoms with van der Waals surface area (Å²) in [6, 6.07) is 13.9. The van der Waals surface area contributed by atoms with E-state index in [0.717, 1.165) is 54.1 Å². The van der Waals surface area contributed by atoms with Crippen molar-refractivity contribution in [1.82, 2.24) is 4.90 Å². The van der Waals surface area contributed by atoms with Crippen LogP contribution in [0.5, 0.6) is 0 Å². The summed E-state index contributed by atoms with van der Waals surface area (Å²) in [6.07, 6.45) is -7.18. The first-order chi connectivity index (χ1) is 17.8. The van der Waals surface area contributed by atoms with E-state index >= 15 is 0 Å². The normalized spacial score (nSPS) is 15.3. The molecule has 200 valence electrons. The maximum absolute atomic E-state index is 13.1. The molecule has 0 fully saturated rings. The number of nitrogens with zero attached hydrogens (tertiary/aromatic N) is 2. The highest BCUT2D eigenvalue weighted by Gasteiger charge is 2.39. The molecule has 3 aromatic rings. The second-order valence-electron chi connectivity index (χ2n) is 9.00. The fraction of sp³-hybridized carbons (Fsp3) is 0.259. The molecule has 0 atom stereocenters. The quantitative estimate of drug-likeness (QED) is 0.165. The number of aliphatic hydroxyl groups is 1. The highest BCUT2D eigenvalue weighted by molar-refractivity contribution is 5.47. The second-order valence-corrected chi connectivity index (χ2v) is 9.00. The van der Waals surface area contributed by atoms with E-state index in [9.17, 15) is 41.6 Å². The molecular weight excluding hydrogens is 514 g/mol. The van der Waals surface area contributed by atoms with Crippen LogP contribution < -0.4 is 0 Å². The number of hydrogen-bond acceptors (Lipinski definition) is 4. The maximum atomic E-state index is 13.1. The van der Waals surface area contributed by atoms with Crippen LogP contribution in [0.4, 0.5) is 32.0 Å². The lowest BCUT2D eigenvalue weighted by Gasteiger charge is -2.37. The third kappa shape index (κ3) is 5.73. The van der Waals surface area contributed by atoms with Crippen molar-refractivity contribution in [2.45, 2.75) is 30.9 Å². The molecule has 0 aliphatic carbocycles. The SMILES string of the molecule is O=[N+]([O-])c1ccc(CN2CC=C(C(O)(c3ccc(C(F)(F)F)cc3)c3ccc(C(F)(F)F)cc3)CC2)cc1. The summed E-state index contributed by atoms with van der Waals surface area (Å²) in [7, 11) is 0. The lowest BCUT2D eigenvalue weighted by Crippen LogP contribution is -2.37. The van der Waals surface area contributed by atoms with Crippen LogP contribution in [0.2, 0.25) is 0 Å². The van der Waals surface area contributed by atoms with E-state index in [2.05, 4.69) is 0 Å². The Labute approximate surface area is 213 Å². The molecule has 4 rings (SSSR count). The van der Waals surface area contributed by atoms with Crippen LogP contribution in [-0.4, -0.2) is 28.0 Å². The van der Waals surface area contributed by atoms with Crippen LogP contribution in [0.15, 0.2) is 84.4 Å². The zero-order valence-electron chi connectivity index (χ0n) is 19.8. The monoisotopic (exact) mass is 536 g/mol. The van der Waals surface area contributed by atoms with Crippen molar-refractivity contribution in [3.8, 4) is 0 Å². The van der Waals surface area contributed by atoms with Gasteiger partial charge in [0.1, 0.15) is 5.60 Å². The minimum atomic E-state index is -4.59. The summed E-state index contributed by atoms with van der Waals surface area (Å²) in [5, 5.41) is 22.8. The van der Waals surface area contributed by atoms with Gasteiger partial charge in [0.25, 0.3) is 5.69 Å². The molecule has 0 bridgehead atoms. The summed E-state index contributed by atoms with van der Waals surface area (Å²) < 4.78 is 78.7. The van der Waals surface area contributed by atoms with Gasteiger partial charge in [-0.3, -0.25) is 15.0 Å². The van der Waals surface area contributed by atoms with Gasteiger partial charge in [-0.1, -0.05) is 42.5 Å². The van der Waals surface area contributed by atoms with Crippen molar-refractivity contribution in [2.75, 3.05) is 13.1 Å². The fourth-order valence-corrected chi connectivity index (χ4v) is 4.50. The van der Waals surface area contributed by atoms with Crippen LogP contribution in [0.1, 0.15) is 34.2 Å². The molecule has 0 saturated heterocycles. The smallest absolute Gasteiger partial charge is 0.376 e. The average molecular weight is 536 g/mol. The van der Waals surface area contributed by atoms with Crippen LogP contribution in [0.3, 0.4) is 0 Å². The van der Waals surface area contributed by atoms with Gasteiger partial charge in [-0.05, 0) is 52.9 Å². The van der Waals surface area contributed by atoms with Crippen LogP contribution >= 0.6 is 0 Å². The first-order valence-electron chi connectivity index (χ1n) is 11.5. The maximum Gasteiger partial charge on any atom is 0.416 e. The number of non-ortho nitro benzene ring substituents is 1. The lowest BCUT2D eigenvalue weighted by molar-refractivity contribution is -0.384. The van der Waals surface area contributed by atoms with E-state index in [-0.39, 0.29) is 23.2 Å². The summed E-state index contributed by atoms with van der Waals surface area (Å²) in [5.41, 5.74) is -2.35. The molecule has 0 aromatic heterocycles. The third-order valence-corrected chi connectivity index (χ3v) is 6.57. The summed E-state index contributed by atoms with van der Waals surface area (Å²) >= 11 is 0. The molecule has 1 aliphatic heterocycles. The lowest BCUT2D eigenvalue weighted by atomic mass is 9.77. The van der Waals surface area contributed by atoms with Gasteiger partial charge < -0.3 is 5.11 Å². The number of benzene rings is 3. The second kappa shape index (κ2) is 10.2. The Morgan fingerprint density at radius 3 is 1.58 bits per heavy atom. The Balaban J connectivity index is 1.65. The van der Waals surface area contributed by atoms with Crippen LogP contribution in [-0.2, 0) is 24.5 Å². The molecule has 5 nitrogen and oxygen atoms in total. The van der Waals surface area contributed by atoms with Crippen LogP contribution in [0, 0.1) is 10.1 Å². The van der Waals surface area contributed by atoms with Crippen molar-refractivity contribution in [1.29, 1.82) is 0 Å². The van der Waals surface area contributed by atoms with Gasteiger partial charge in [0.2, 0.25) is 0 Å². The first kappa shape index (κ1) is 27.3. The Morgan fingerprint density at radius 2 is 1.21 bits per heavy atom. The topological polar surface area (TPSA) is 66.6 Å². The molecule has 3 aromatic carbocycles. The van der Waals surface area contributed by atoms with Crippen LogP contribution in [0.25, 0.3) is 0 Å². The van der Waals surface area contributed by atoms with E-state index in [0.29, 0.717) is 25.2 Å². The summed E-state index contributed by atoms with van der Waals surface area (Å²) in [6.45, 7) is 1.24. The summed E-state index contributed by atoms with van der Waals surface area (Å²) in [5.74, 6) is 0. The highest BCUT2D eigenvalue weighted by Crippen LogP contribution is 2.42. The van der Waals surface area contributed by atoms with Crippen molar-refractivity contribution in [3.05, 3.63) is 122 Å². The van der Waals surface area contributed by atoms with Gasteiger partial charge in [0.15, 0.2) is 0 Å². The predicted octanol–water partition coefficient (Wildman–Crippen LogP) is 6.70. The highest BCUT2D eigenvalue weighted by atomic mass is 19.4. The van der Waals surface area contributed by atoms with E-state index in [4.69, 9.17) is 0 Å². The number of alkyl halides is 6. The van der Waals surface area contributed by atoms with E-state index < -0.39 is 34.0 Å². The number of hydrogen-bond donors (Lipinski definition) is 1. The molecule has 1 N–H and O–H groups in total. The molecule has 0 saturated carbocycles. The van der Waals surface area contributed by atoms with Gasteiger partial charge in [0.05, 0.1) is 16.1 Å². The molecule has 1 aliphatic rings. The zero-order valence-corrected chi connectivity index (χ0v) is 19.8. The van der Waals surface area contributed by atoms with E-state index in [1.165, 1.54) is 12.1 Å². The fourth-order valence-electron chi connectivity index (χ4n) is 4.50. The molecule has 1 heterocycles. The van der Waals surface area contributed by atoms with Gasteiger partial charge >= 0.3 is 12.4 Å². The Morgan fingerprint density at radius 1 is 0.763 bits per heavy atom. The molecule has 38 heavy (non-hydrogen) atoms. The molecule has 0 radical (unpaired) electrons. The van der Waals surface area contributed by atoms with Gasteiger partial charge in [-0.25, -0.2) is 0 Å². The van der Waals surface area contributed by atoms with E-state index in [1.54, 1.807) is 18.2 Å². The van der Waals surface area contributed by atoms with E-state index in [1.807, 2.05) is 4.90 Å². The molecule has 0 amide bonds. The first-order valence-corrected chi connectivity index (χ1v) is 11.5. The minimum absolute atomic E-state index is 0.0345. The number of rotatable bonds is 6. The van der Waals surface area contributed by atoms with Gasteiger partial charge in [0, 0.05) is 31.8 Å². The molecule has 11 heteroatoms. The molecule has 0 spiro atoms. The van der Waals surface area contributed by atoms with Crippen molar-refractivity contribution >= 4 is 5.69 Å². The predicted molar refractivity (Wildman–Crippen MR) is 127 cm³/mol. The minimum Gasteiger partial charge on any atom is -0.376 e. The zero-order chi connectivity index (χ0) is 27.7. The van der Waals surface area contributed by atoms with Crippen molar-refractivity contribution < 1.29 is 36.4 Å². The summed E-state index contributed by atoms with van der Waals surface area (Å²) in [4.78, 5) is 12.4. The number of nitro groups is 1. The average Bonchev–Trinajstić information content (AvgIpc) is 2.88.